The van der Waals surface area contributed by atoms with Gasteiger partial charge in [0.15, 0.2) is 7.38 Å². The molecule has 0 fully saturated rings. The number of H-pyrrole nitrogens is 1. The van der Waals surface area contributed by atoms with Crippen LogP contribution < -0.4 is 5.32 Å². The van der Waals surface area contributed by atoms with E-state index in [1.54, 1.807) is 0 Å². The van der Waals surface area contributed by atoms with Crippen LogP contribution in [0.25, 0.3) is 10.9 Å². The van der Waals surface area contributed by atoms with Crippen LogP contribution in [0.3, 0.4) is 0 Å². The molecule has 0 aliphatic heterocycles. The highest BCUT2D eigenvalue weighted by Crippen LogP contribution is 2.14. The van der Waals surface area contributed by atoms with Crippen LogP contribution in [0.1, 0.15) is 0 Å². The van der Waals surface area contributed by atoms with Crippen LogP contribution in [-0.4, -0.2) is 12.4 Å². The van der Waals surface area contributed by atoms with E-state index in [1.165, 1.54) is 16.2 Å². The van der Waals surface area contributed by atoms with Gasteiger partial charge in [0, 0.05) is 10.8 Å². The smallest absolute Gasteiger partial charge is 0.199 e. The maximum Gasteiger partial charge on any atom is 0.199 e. The zero-order valence-electron chi connectivity index (χ0n) is 7.76. The van der Waals surface area contributed by atoms with Gasteiger partial charge in [0.2, 0.25) is 0 Å². The van der Waals surface area contributed by atoms with Crippen LogP contribution in [0.4, 0.5) is 0 Å². The van der Waals surface area contributed by atoms with Gasteiger partial charge in [-0.2, -0.15) is 11.1 Å². The van der Waals surface area contributed by atoms with Gasteiger partial charge in [-0.15, -0.1) is 0 Å². The number of rotatable bonds is 1. The Kier molecular flexibility index (Phi) is 1.97. The van der Waals surface area contributed by atoms with Crippen molar-refractivity contribution >= 4 is 34.7 Å². The second kappa shape index (κ2) is 2.89. The van der Waals surface area contributed by atoms with Crippen LogP contribution in [-0.2, 0) is 0 Å². The molecule has 2 aromatic rings. The lowest BCUT2D eigenvalue weighted by Gasteiger charge is -2.09. The fourth-order valence-electron chi connectivity index (χ4n) is 1.39. The van der Waals surface area contributed by atoms with E-state index in [9.17, 15) is 0 Å². The molecule has 0 radical (unpaired) electrons. The lowest BCUT2D eigenvalue weighted by Crippen LogP contribution is -2.35. The van der Waals surface area contributed by atoms with Crippen LogP contribution in [0.2, 0.25) is 13.1 Å². The second-order valence-corrected chi connectivity index (χ2v) is 10.1. The molecule has 0 saturated heterocycles. The summed E-state index contributed by atoms with van der Waals surface area (Å²) in [6.45, 7) is 4.25. The summed E-state index contributed by atoms with van der Waals surface area (Å²) in [6, 6.07) is 10.4. The van der Waals surface area contributed by atoms with Crippen molar-refractivity contribution in [1.82, 2.24) is 4.98 Å². The zero-order chi connectivity index (χ0) is 9.47. The maximum atomic E-state index is 6.34. The first kappa shape index (κ1) is 8.85. The Morgan fingerprint density at radius 2 is 1.92 bits per heavy atom. The van der Waals surface area contributed by atoms with Crippen molar-refractivity contribution in [2.24, 2.45) is 0 Å². The monoisotopic (exact) mass is 209 g/mol. The Balaban J connectivity index is 2.63. The molecule has 1 aromatic carbocycles. The number of hydrogen-bond acceptors (Lipinski definition) is 0. The van der Waals surface area contributed by atoms with E-state index in [4.69, 9.17) is 11.1 Å². The molecule has 1 heterocycles. The molecule has 1 aromatic heterocycles. The van der Waals surface area contributed by atoms with Crippen molar-refractivity contribution in [2.45, 2.75) is 13.1 Å². The van der Waals surface area contributed by atoms with E-state index < -0.39 is 7.38 Å². The topological polar surface area (TPSA) is 15.8 Å². The fraction of sp³-hybridized carbons (Fsp3) is 0.200. The molecule has 13 heavy (non-hydrogen) atoms. The van der Waals surface area contributed by atoms with Crippen LogP contribution in [0.15, 0.2) is 30.3 Å². The van der Waals surface area contributed by atoms with Crippen LogP contribution in [0, 0.1) is 0 Å². The Hall–Kier alpha value is -0.733. The number of fused-ring (bicyclic) bond motifs is 1. The molecule has 0 unspecified atom stereocenters. The van der Waals surface area contributed by atoms with Gasteiger partial charge in [-0.1, -0.05) is 31.3 Å². The standard InChI is InChI=1S/C10H12ClNSi/c1-13(2,11)10-7-8-5-3-4-6-9(8)12-10/h3-7,12H,1-2H3. The summed E-state index contributed by atoms with van der Waals surface area (Å²) >= 11 is 6.34. The lowest BCUT2D eigenvalue weighted by atomic mass is 10.3. The van der Waals surface area contributed by atoms with E-state index in [1.807, 2.05) is 12.1 Å². The first-order chi connectivity index (χ1) is 6.07. The molecule has 3 heteroatoms. The Morgan fingerprint density at radius 1 is 1.23 bits per heavy atom. The molecule has 0 aliphatic rings. The molecule has 0 bridgehead atoms. The third-order valence-electron chi connectivity index (χ3n) is 2.17. The molecule has 68 valence electrons. The molecule has 1 N–H and O–H groups in total. The number of aromatic nitrogens is 1. The number of benzene rings is 1. The highest BCUT2D eigenvalue weighted by atomic mass is 35.6. The summed E-state index contributed by atoms with van der Waals surface area (Å²) < 4.78 is 0. The molecular formula is C10H12ClNSi. The number of halogens is 1. The van der Waals surface area contributed by atoms with Gasteiger partial charge >= 0.3 is 0 Å². The van der Waals surface area contributed by atoms with E-state index in [2.05, 4.69) is 36.3 Å². The minimum absolute atomic E-state index is 1.18. The minimum Gasteiger partial charge on any atom is -0.361 e. The maximum absolute atomic E-state index is 6.34. The summed E-state index contributed by atoms with van der Waals surface area (Å²) in [4.78, 5) is 3.37. The van der Waals surface area contributed by atoms with Gasteiger partial charge in [0.25, 0.3) is 0 Å². The van der Waals surface area contributed by atoms with Gasteiger partial charge in [-0.3, -0.25) is 0 Å². The van der Waals surface area contributed by atoms with Gasteiger partial charge < -0.3 is 4.98 Å². The third kappa shape index (κ3) is 1.64. The number of hydrogen-bond donors (Lipinski definition) is 1. The van der Waals surface area contributed by atoms with Crippen molar-refractivity contribution in [1.29, 1.82) is 0 Å². The molecular weight excluding hydrogens is 198 g/mol. The molecule has 2 rings (SSSR count). The quantitative estimate of drug-likeness (QED) is 0.549. The average molecular weight is 210 g/mol. The first-order valence-electron chi connectivity index (χ1n) is 4.34. The van der Waals surface area contributed by atoms with Gasteiger partial charge in [0.05, 0.1) is 0 Å². The average Bonchev–Trinajstić information content (AvgIpc) is 2.45. The number of para-hydroxylation sites is 1. The fourth-order valence-corrected chi connectivity index (χ4v) is 2.63. The Bertz CT molecular complexity index is 395. The van der Waals surface area contributed by atoms with Gasteiger partial charge in [-0.25, -0.2) is 0 Å². The normalized spacial score (nSPS) is 12.2. The highest BCUT2D eigenvalue weighted by molar-refractivity contribution is 7.25. The largest absolute Gasteiger partial charge is 0.361 e. The molecule has 0 saturated carbocycles. The Morgan fingerprint density at radius 3 is 2.54 bits per heavy atom. The summed E-state index contributed by atoms with van der Waals surface area (Å²) in [7, 11) is -1.70. The van der Waals surface area contributed by atoms with Crippen molar-refractivity contribution in [3.8, 4) is 0 Å². The predicted molar refractivity (Wildman–Crippen MR) is 61.3 cm³/mol. The molecule has 0 spiro atoms. The predicted octanol–water partition coefficient (Wildman–Crippen LogP) is 2.82. The number of aromatic amines is 1. The minimum atomic E-state index is -1.70. The second-order valence-electron chi connectivity index (χ2n) is 3.74. The number of nitrogens with one attached hydrogen (secondary N) is 1. The molecule has 0 amide bonds. The summed E-state index contributed by atoms with van der Waals surface area (Å²) in [5.74, 6) is 0. The van der Waals surface area contributed by atoms with Crippen molar-refractivity contribution in [2.75, 3.05) is 0 Å². The van der Waals surface area contributed by atoms with E-state index >= 15 is 0 Å². The van der Waals surface area contributed by atoms with Crippen LogP contribution in [0.5, 0.6) is 0 Å². The SMILES string of the molecule is C[Si](C)(Cl)c1cc2ccccc2[nH]1. The van der Waals surface area contributed by atoms with Crippen molar-refractivity contribution in [3.05, 3.63) is 30.3 Å². The van der Waals surface area contributed by atoms with Crippen molar-refractivity contribution in [3.63, 3.8) is 0 Å². The first-order valence-corrected chi connectivity index (χ1v) is 8.36. The van der Waals surface area contributed by atoms with Crippen LogP contribution >= 0.6 is 11.1 Å². The van der Waals surface area contributed by atoms with Gasteiger partial charge in [-0.05, 0) is 17.5 Å². The van der Waals surface area contributed by atoms with E-state index in [-0.39, 0.29) is 0 Å². The van der Waals surface area contributed by atoms with Crippen molar-refractivity contribution < 1.29 is 0 Å². The summed E-state index contributed by atoms with van der Waals surface area (Å²) in [5, 5.41) is 2.45. The summed E-state index contributed by atoms with van der Waals surface area (Å²) in [6.07, 6.45) is 0. The Labute approximate surface area is 83.4 Å². The summed E-state index contributed by atoms with van der Waals surface area (Å²) in [5.41, 5.74) is 1.18. The van der Waals surface area contributed by atoms with E-state index in [0.717, 1.165) is 0 Å². The molecule has 0 atom stereocenters. The molecule has 1 nitrogen and oxygen atoms in total. The third-order valence-corrected chi connectivity index (χ3v) is 4.33. The van der Waals surface area contributed by atoms with E-state index in [0.29, 0.717) is 0 Å². The lowest BCUT2D eigenvalue weighted by molar-refractivity contribution is 1.52. The van der Waals surface area contributed by atoms with Gasteiger partial charge in [0.1, 0.15) is 0 Å². The highest BCUT2D eigenvalue weighted by Gasteiger charge is 2.21. The molecule has 0 aliphatic carbocycles. The zero-order valence-corrected chi connectivity index (χ0v) is 9.52.